The Bertz CT molecular complexity index is 644. The van der Waals surface area contributed by atoms with Crippen LogP contribution in [0.15, 0.2) is 45.3 Å². The van der Waals surface area contributed by atoms with Crippen molar-refractivity contribution in [1.82, 2.24) is 0 Å². The molecule has 2 aromatic carbocycles. The van der Waals surface area contributed by atoms with Crippen molar-refractivity contribution in [3.8, 4) is 11.5 Å². The van der Waals surface area contributed by atoms with Gasteiger partial charge in [-0.3, -0.25) is 0 Å². The summed E-state index contributed by atoms with van der Waals surface area (Å²) in [6.45, 7) is 0. The van der Waals surface area contributed by atoms with Crippen LogP contribution in [0.2, 0.25) is 0 Å². The summed E-state index contributed by atoms with van der Waals surface area (Å²) >= 11 is 6.30. The maximum absolute atomic E-state index is 13.1. The number of ether oxygens (including phenoxy) is 1. The van der Waals surface area contributed by atoms with E-state index in [1.165, 1.54) is 36.4 Å². The summed E-state index contributed by atoms with van der Waals surface area (Å²) in [7, 11) is 0. The fourth-order valence-electron chi connectivity index (χ4n) is 1.38. The Morgan fingerprint density at radius 1 is 1.11 bits per heavy atom. The smallest absolute Gasteiger partial charge is 0.335 e. The van der Waals surface area contributed by atoms with Crippen molar-refractivity contribution in [2.75, 3.05) is 0 Å². The summed E-state index contributed by atoms with van der Waals surface area (Å²) < 4.78 is 19.4. The van der Waals surface area contributed by atoms with Crippen molar-refractivity contribution in [3.63, 3.8) is 0 Å². The van der Waals surface area contributed by atoms with Crippen molar-refractivity contribution >= 4 is 37.8 Å². The highest BCUT2D eigenvalue weighted by molar-refractivity contribution is 9.10. The summed E-state index contributed by atoms with van der Waals surface area (Å²) in [6, 6.07) is 8.66. The minimum absolute atomic E-state index is 0.152. The van der Waals surface area contributed by atoms with E-state index in [-0.39, 0.29) is 11.4 Å². The first-order valence-corrected chi connectivity index (χ1v) is 6.71. The van der Waals surface area contributed by atoms with E-state index in [4.69, 9.17) is 9.84 Å². The first-order chi connectivity index (χ1) is 8.97. The van der Waals surface area contributed by atoms with Crippen molar-refractivity contribution in [1.29, 1.82) is 0 Å². The lowest BCUT2D eigenvalue weighted by atomic mass is 10.2. The van der Waals surface area contributed by atoms with Crippen LogP contribution in [0.5, 0.6) is 11.5 Å². The molecule has 0 spiro atoms. The Balaban J connectivity index is 2.28. The number of halogens is 3. The molecule has 0 heterocycles. The van der Waals surface area contributed by atoms with Gasteiger partial charge in [0, 0.05) is 0 Å². The van der Waals surface area contributed by atoms with Gasteiger partial charge in [0.25, 0.3) is 0 Å². The quantitative estimate of drug-likeness (QED) is 0.816. The van der Waals surface area contributed by atoms with E-state index < -0.39 is 5.97 Å². The molecule has 0 fully saturated rings. The number of carboxylic acid groups (broad SMARTS) is 1. The molecule has 0 saturated carbocycles. The summed E-state index contributed by atoms with van der Waals surface area (Å²) in [4.78, 5) is 10.8. The van der Waals surface area contributed by atoms with Crippen LogP contribution in [0.3, 0.4) is 0 Å². The maximum atomic E-state index is 13.1. The van der Waals surface area contributed by atoms with Crippen LogP contribution >= 0.6 is 31.9 Å². The molecule has 19 heavy (non-hydrogen) atoms. The van der Waals surface area contributed by atoms with E-state index in [0.717, 1.165) is 0 Å². The number of aromatic carboxylic acids is 1. The first-order valence-electron chi connectivity index (χ1n) is 5.13. The van der Waals surface area contributed by atoms with E-state index in [1.807, 2.05) is 0 Å². The van der Waals surface area contributed by atoms with Gasteiger partial charge >= 0.3 is 5.97 Å². The third kappa shape index (κ3) is 3.33. The summed E-state index contributed by atoms with van der Waals surface area (Å²) in [5, 5.41) is 8.85. The molecule has 1 N–H and O–H groups in total. The fourth-order valence-corrected chi connectivity index (χ4v) is 2.20. The summed E-state index contributed by atoms with van der Waals surface area (Å²) in [5.74, 6) is -0.509. The zero-order valence-corrected chi connectivity index (χ0v) is 12.5. The van der Waals surface area contributed by atoms with Gasteiger partial charge in [-0.15, -0.1) is 0 Å². The third-order valence-corrected chi connectivity index (χ3v) is 3.53. The maximum Gasteiger partial charge on any atom is 0.335 e. The molecule has 0 unspecified atom stereocenters. The molecule has 98 valence electrons. The van der Waals surface area contributed by atoms with Gasteiger partial charge in [-0.25, -0.2) is 9.18 Å². The van der Waals surface area contributed by atoms with Gasteiger partial charge in [0.2, 0.25) is 0 Å². The van der Waals surface area contributed by atoms with E-state index in [9.17, 15) is 9.18 Å². The highest BCUT2D eigenvalue weighted by Gasteiger charge is 2.09. The molecule has 0 bridgehead atoms. The number of rotatable bonds is 3. The van der Waals surface area contributed by atoms with Crippen LogP contribution in [-0.2, 0) is 0 Å². The second kappa shape index (κ2) is 5.71. The van der Waals surface area contributed by atoms with E-state index >= 15 is 0 Å². The molecular weight excluding hydrogens is 383 g/mol. The SMILES string of the molecule is O=C(O)c1ccc(Oc2ccc(F)c(Br)c2)c(Br)c1. The van der Waals surface area contributed by atoms with Gasteiger partial charge in [-0.1, -0.05) is 0 Å². The monoisotopic (exact) mass is 388 g/mol. The lowest BCUT2D eigenvalue weighted by Crippen LogP contribution is -1.96. The minimum Gasteiger partial charge on any atom is -0.478 e. The first kappa shape index (κ1) is 14.0. The Hall–Kier alpha value is -1.40. The normalized spacial score (nSPS) is 10.3. The minimum atomic E-state index is -1.02. The number of benzene rings is 2. The molecule has 3 nitrogen and oxygen atoms in total. The average molecular weight is 390 g/mol. The predicted molar refractivity (Wildman–Crippen MR) is 75.3 cm³/mol. The highest BCUT2D eigenvalue weighted by Crippen LogP contribution is 2.32. The molecule has 0 saturated heterocycles. The lowest BCUT2D eigenvalue weighted by molar-refractivity contribution is 0.0697. The van der Waals surface area contributed by atoms with Crippen LogP contribution < -0.4 is 4.74 Å². The van der Waals surface area contributed by atoms with Gasteiger partial charge in [0.15, 0.2) is 0 Å². The van der Waals surface area contributed by atoms with E-state index in [0.29, 0.717) is 20.4 Å². The number of hydrogen-bond acceptors (Lipinski definition) is 2. The zero-order chi connectivity index (χ0) is 14.0. The van der Waals surface area contributed by atoms with Gasteiger partial charge < -0.3 is 9.84 Å². The third-order valence-electron chi connectivity index (χ3n) is 2.30. The molecule has 0 amide bonds. The van der Waals surface area contributed by atoms with Gasteiger partial charge in [-0.05, 0) is 68.3 Å². The zero-order valence-electron chi connectivity index (χ0n) is 9.36. The van der Waals surface area contributed by atoms with Gasteiger partial charge in [0.05, 0.1) is 14.5 Å². The summed E-state index contributed by atoms with van der Waals surface area (Å²) in [5.41, 5.74) is 0.152. The molecule has 0 radical (unpaired) electrons. The molecule has 0 aromatic heterocycles. The largest absolute Gasteiger partial charge is 0.478 e. The van der Waals surface area contributed by atoms with Crippen LogP contribution in [-0.4, -0.2) is 11.1 Å². The molecule has 0 aliphatic rings. The molecule has 0 aliphatic heterocycles. The Kier molecular flexibility index (Phi) is 4.21. The Morgan fingerprint density at radius 3 is 2.42 bits per heavy atom. The van der Waals surface area contributed by atoms with Crippen molar-refractivity contribution in [2.24, 2.45) is 0 Å². The van der Waals surface area contributed by atoms with Crippen molar-refractivity contribution < 1.29 is 19.0 Å². The second-order valence-corrected chi connectivity index (χ2v) is 5.34. The van der Waals surface area contributed by atoms with Crippen LogP contribution in [0.1, 0.15) is 10.4 Å². The second-order valence-electron chi connectivity index (χ2n) is 3.63. The number of carbonyl (C=O) groups is 1. The number of carboxylic acids is 1. The van der Waals surface area contributed by atoms with Crippen LogP contribution in [0.25, 0.3) is 0 Å². The van der Waals surface area contributed by atoms with Gasteiger partial charge in [0.1, 0.15) is 17.3 Å². The van der Waals surface area contributed by atoms with E-state index in [1.54, 1.807) is 0 Å². The lowest BCUT2D eigenvalue weighted by Gasteiger charge is -2.09. The highest BCUT2D eigenvalue weighted by atomic mass is 79.9. The molecule has 2 aromatic rings. The van der Waals surface area contributed by atoms with Crippen molar-refractivity contribution in [3.05, 3.63) is 56.7 Å². The fraction of sp³-hybridized carbons (Fsp3) is 0. The number of hydrogen-bond donors (Lipinski definition) is 1. The molecule has 0 aliphatic carbocycles. The predicted octanol–water partition coefficient (Wildman–Crippen LogP) is 4.84. The van der Waals surface area contributed by atoms with Crippen molar-refractivity contribution in [2.45, 2.75) is 0 Å². The van der Waals surface area contributed by atoms with Gasteiger partial charge in [-0.2, -0.15) is 0 Å². The Morgan fingerprint density at radius 2 is 1.84 bits per heavy atom. The molecular formula is C13H7Br2FO3. The standard InChI is InChI=1S/C13H7Br2FO3/c14-9-6-8(2-3-11(9)16)19-12-4-1-7(13(17)18)5-10(12)15/h1-6H,(H,17,18). The molecule has 0 atom stereocenters. The summed E-state index contributed by atoms with van der Waals surface area (Å²) in [6.07, 6.45) is 0. The molecule has 2 rings (SSSR count). The average Bonchev–Trinajstić information content (AvgIpc) is 2.36. The van der Waals surface area contributed by atoms with E-state index in [2.05, 4.69) is 31.9 Å². The molecule has 6 heteroatoms. The van der Waals surface area contributed by atoms with Crippen LogP contribution in [0.4, 0.5) is 4.39 Å². The topological polar surface area (TPSA) is 46.5 Å². The van der Waals surface area contributed by atoms with Crippen LogP contribution in [0, 0.1) is 5.82 Å². The Labute approximate surface area is 125 Å².